The molecule has 2 unspecified atom stereocenters. The fourth-order valence-electron chi connectivity index (χ4n) is 3.30. The second-order valence-corrected chi connectivity index (χ2v) is 4.93. The van der Waals surface area contributed by atoms with E-state index in [0.717, 1.165) is 36.8 Å². The van der Waals surface area contributed by atoms with Gasteiger partial charge in [-0.2, -0.15) is 4.98 Å². The van der Waals surface area contributed by atoms with Crippen molar-refractivity contribution in [3.63, 3.8) is 0 Å². The van der Waals surface area contributed by atoms with E-state index < -0.39 is 0 Å². The highest BCUT2D eigenvalue weighted by Gasteiger charge is 2.37. The summed E-state index contributed by atoms with van der Waals surface area (Å²) in [7, 11) is 0. The summed E-state index contributed by atoms with van der Waals surface area (Å²) in [4.78, 5) is 6.86. The lowest BCUT2D eigenvalue weighted by molar-refractivity contribution is 0.0852. The zero-order chi connectivity index (χ0) is 11.1. The second kappa shape index (κ2) is 3.77. The van der Waals surface area contributed by atoms with E-state index in [1.807, 2.05) is 0 Å². The highest BCUT2D eigenvalue weighted by atomic mass is 16.4. The van der Waals surface area contributed by atoms with Gasteiger partial charge in [0, 0.05) is 12.5 Å². The van der Waals surface area contributed by atoms with Gasteiger partial charge < -0.3 is 10.2 Å². The van der Waals surface area contributed by atoms with Crippen LogP contribution in [0.5, 0.6) is 0 Å². The van der Waals surface area contributed by atoms with Gasteiger partial charge in [-0.1, -0.05) is 6.92 Å². The molecular weight excluding hydrogens is 202 g/mol. The van der Waals surface area contributed by atoms with E-state index >= 15 is 0 Å². The molecule has 1 saturated heterocycles. The van der Waals surface area contributed by atoms with E-state index in [1.165, 1.54) is 19.4 Å². The molecule has 88 valence electrons. The summed E-state index contributed by atoms with van der Waals surface area (Å²) in [6.07, 6.45) is 4.69. The van der Waals surface area contributed by atoms with E-state index in [0.29, 0.717) is 12.1 Å². The molecular formula is C12H19N3O. The summed E-state index contributed by atoms with van der Waals surface area (Å²) in [6, 6.07) is 0.991. The highest BCUT2D eigenvalue weighted by molar-refractivity contribution is 5.24. The molecule has 1 aromatic heterocycles. The second-order valence-electron chi connectivity index (χ2n) is 4.93. The van der Waals surface area contributed by atoms with E-state index in [2.05, 4.69) is 16.8 Å². The number of hydrogen-bond donors (Lipinski definition) is 1. The summed E-state index contributed by atoms with van der Waals surface area (Å²) in [6.45, 7) is 4.61. The van der Waals surface area contributed by atoms with Crippen LogP contribution >= 0.6 is 0 Å². The van der Waals surface area contributed by atoms with Crippen molar-refractivity contribution in [1.29, 1.82) is 0 Å². The molecule has 2 atom stereocenters. The smallest absolute Gasteiger partial charge is 0.292 e. The molecule has 2 heterocycles. The number of nitrogens with two attached hydrogens (primary N) is 1. The van der Waals surface area contributed by atoms with Crippen LogP contribution in [0.4, 0.5) is 6.01 Å². The first-order valence-electron chi connectivity index (χ1n) is 6.26. The number of rotatable bonds is 1. The van der Waals surface area contributed by atoms with Gasteiger partial charge in [0.05, 0.1) is 5.69 Å². The third-order valence-corrected chi connectivity index (χ3v) is 4.08. The van der Waals surface area contributed by atoms with E-state index in [4.69, 9.17) is 10.2 Å². The molecule has 0 spiro atoms. The number of anilines is 1. The van der Waals surface area contributed by atoms with Gasteiger partial charge in [0.1, 0.15) is 5.76 Å². The van der Waals surface area contributed by atoms with Crippen molar-refractivity contribution in [1.82, 2.24) is 9.88 Å². The molecule has 0 saturated carbocycles. The quantitative estimate of drug-likeness (QED) is 0.780. The summed E-state index contributed by atoms with van der Waals surface area (Å²) in [5.41, 5.74) is 6.73. The van der Waals surface area contributed by atoms with Crippen molar-refractivity contribution in [2.45, 2.75) is 38.6 Å². The minimum atomic E-state index is 0.340. The Balaban J connectivity index is 1.88. The van der Waals surface area contributed by atoms with Crippen molar-refractivity contribution in [3.8, 4) is 0 Å². The van der Waals surface area contributed by atoms with Crippen LogP contribution in [0.3, 0.4) is 0 Å². The maximum absolute atomic E-state index is 5.62. The maximum atomic E-state index is 5.62. The maximum Gasteiger partial charge on any atom is 0.292 e. The van der Waals surface area contributed by atoms with E-state index in [1.54, 1.807) is 0 Å². The standard InChI is InChI=1S/C12H19N3O/c1-2-15-5-3-4-8-6-9-11(7-10(8)15)16-12(13)14-9/h8,10H,2-7H2,1H3,(H2,13,14). The van der Waals surface area contributed by atoms with Crippen LogP contribution in [0, 0.1) is 5.92 Å². The molecule has 3 rings (SSSR count). The zero-order valence-corrected chi connectivity index (χ0v) is 9.78. The molecule has 16 heavy (non-hydrogen) atoms. The van der Waals surface area contributed by atoms with Gasteiger partial charge >= 0.3 is 0 Å². The van der Waals surface area contributed by atoms with E-state index in [-0.39, 0.29) is 0 Å². The summed E-state index contributed by atoms with van der Waals surface area (Å²) in [5.74, 6) is 1.78. The van der Waals surface area contributed by atoms with Gasteiger partial charge in [0.2, 0.25) is 0 Å². The SMILES string of the molecule is CCN1CCCC2Cc3nc(N)oc3CC21. The van der Waals surface area contributed by atoms with Gasteiger partial charge in [0.25, 0.3) is 6.01 Å². The largest absolute Gasteiger partial charge is 0.429 e. The monoisotopic (exact) mass is 221 g/mol. The Morgan fingerprint density at radius 2 is 2.38 bits per heavy atom. The number of fused-ring (bicyclic) bond motifs is 2. The van der Waals surface area contributed by atoms with Crippen LogP contribution in [0.25, 0.3) is 0 Å². The Bertz CT molecular complexity index is 388. The Kier molecular flexibility index (Phi) is 2.39. The number of piperidine rings is 1. The van der Waals surface area contributed by atoms with Crippen LogP contribution < -0.4 is 5.73 Å². The van der Waals surface area contributed by atoms with Crippen molar-refractivity contribution in [2.75, 3.05) is 18.8 Å². The molecule has 4 nitrogen and oxygen atoms in total. The van der Waals surface area contributed by atoms with Crippen molar-refractivity contribution in [2.24, 2.45) is 5.92 Å². The number of nitrogens with zero attached hydrogens (tertiary/aromatic N) is 2. The van der Waals surface area contributed by atoms with Crippen LogP contribution in [0.15, 0.2) is 4.42 Å². The molecule has 2 N–H and O–H groups in total. The first kappa shape index (κ1) is 10.1. The molecule has 0 aromatic carbocycles. The number of likely N-dealkylation sites (N-methyl/N-ethyl adjacent to an activating group) is 1. The minimum absolute atomic E-state index is 0.340. The normalized spacial score (nSPS) is 29.8. The summed E-state index contributed by atoms with van der Waals surface area (Å²) < 4.78 is 5.49. The summed E-state index contributed by atoms with van der Waals surface area (Å²) in [5, 5.41) is 0. The number of hydrogen-bond acceptors (Lipinski definition) is 4. The predicted molar refractivity (Wildman–Crippen MR) is 62.1 cm³/mol. The molecule has 2 aliphatic rings. The topological polar surface area (TPSA) is 55.3 Å². The molecule has 1 aromatic rings. The molecule has 1 fully saturated rings. The lowest BCUT2D eigenvalue weighted by atomic mass is 9.79. The summed E-state index contributed by atoms with van der Waals surface area (Å²) >= 11 is 0. The van der Waals surface area contributed by atoms with Crippen molar-refractivity contribution in [3.05, 3.63) is 11.5 Å². The molecule has 0 radical (unpaired) electrons. The van der Waals surface area contributed by atoms with Crippen LogP contribution in [-0.2, 0) is 12.8 Å². The fraction of sp³-hybridized carbons (Fsp3) is 0.750. The third kappa shape index (κ3) is 1.52. The molecule has 0 bridgehead atoms. The van der Waals surface area contributed by atoms with Crippen molar-refractivity contribution >= 4 is 6.01 Å². The molecule has 4 heteroatoms. The van der Waals surface area contributed by atoms with E-state index in [9.17, 15) is 0 Å². The van der Waals surface area contributed by atoms with Gasteiger partial charge in [-0.25, -0.2) is 0 Å². The zero-order valence-electron chi connectivity index (χ0n) is 9.78. The molecule has 1 aliphatic heterocycles. The van der Waals surface area contributed by atoms with Gasteiger partial charge in [-0.3, -0.25) is 4.90 Å². The Labute approximate surface area is 95.8 Å². The number of likely N-dealkylation sites (tertiary alicyclic amines) is 1. The van der Waals surface area contributed by atoms with Gasteiger partial charge in [-0.05, 0) is 38.3 Å². The number of oxazole rings is 1. The van der Waals surface area contributed by atoms with Gasteiger partial charge in [0.15, 0.2) is 0 Å². The van der Waals surface area contributed by atoms with Gasteiger partial charge in [-0.15, -0.1) is 0 Å². The first-order chi connectivity index (χ1) is 7.78. The lowest BCUT2D eigenvalue weighted by Crippen LogP contribution is -2.48. The Morgan fingerprint density at radius 1 is 1.50 bits per heavy atom. The number of nitrogen functional groups attached to an aromatic ring is 1. The van der Waals surface area contributed by atoms with Crippen LogP contribution in [0.2, 0.25) is 0 Å². The Morgan fingerprint density at radius 3 is 3.19 bits per heavy atom. The fourth-order valence-corrected chi connectivity index (χ4v) is 3.30. The highest BCUT2D eigenvalue weighted by Crippen LogP contribution is 2.35. The van der Waals surface area contributed by atoms with Crippen LogP contribution in [0.1, 0.15) is 31.2 Å². The predicted octanol–water partition coefficient (Wildman–Crippen LogP) is 1.46. The molecule has 0 amide bonds. The van der Waals surface area contributed by atoms with Crippen molar-refractivity contribution < 1.29 is 4.42 Å². The third-order valence-electron chi connectivity index (χ3n) is 4.08. The lowest BCUT2D eigenvalue weighted by Gasteiger charge is -2.42. The number of aromatic nitrogens is 1. The minimum Gasteiger partial charge on any atom is -0.429 e. The first-order valence-corrected chi connectivity index (χ1v) is 6.26. The molecule has 1 aliphatic carbocycles. The average molecular weight is 221 g/mol. The van der Waals surface area contributed by atoms with Crippen LogP contribution in [-0.4, -0.2) is 29.0 Å². The Hall–Kier alpha value is -1.03. The average Bonchev–Trinajstić information content (AvgIpc) is 2.64.